The summed E-state index contributed by atoms with van der Waals surface area (Å²) >= 11 is 0. The van der Waals surface area contributed by atoms with E-state index in [1.165, 1.54) is 19.2 Å². The van der Waals surface area contributed by atoms with Crippen molar-refractivity contribution in [3.8, 4) is 17.6 Å². The number of hydrogen-bond acceptors (Lipinski definition) is 8. The van der Waals surface area contributed by atoms with E-state index < -0.39 is 10.8 Å². The molecule has 2 aromatic carbocycles. The standard InChI is InChI=1S/C26H25N3O6/c1-26(2)11-19(30)24-22(12-26)35-25(28)18(13-27)23(24)16-6-9-20(21(10-16)33-3)34-14-15-4-7-17(8-5-15)29(31)32/h4-10,23H,11-12,14,28H2,1-3H3. The number of hydrogen-bond donors (Lipinski definition) is 1. The highest BCUT2D eigenvalue weighted by molar-refractivity contribution is 6.00. The Kier molecular flexibility index (Phi) is 6.22. The van der Waals surface area contributed by atoms with Crippen LogP contribution in [-0.2, 0) is 16.1 Å². The van der Waals surface area contributed by atoms with Crippen LogP contribution < -0.4 is 15.2 Å². The van der Waals surface area contributed by atoms with Crippen molar-refractivity contribution in [1.29, 1.82) is 5.26 Å². The Morgan fingerprint density at radius 1 is 1.20 bits per heavy atom. The summed E-state index contributed by atoms with van der Waals surface area (Å²) in [6.07, 6.45) is 0.884. The van der Waals surface area contributed by atoms with Crippen molar-refractivity contribution in [2.24, 2.45) is 11.1 Å². The van der Waals surface area contributed by atoms with Crippen LogP contribution in [-0.4, -0.2) is 17.8 Å². The summed E-state index contributed by atoms with van der Waals surface area (Å²) in [4.78, 5) is 23.5. The van der Waals surface area contributed by atoms with Crippen LogP contribution in [0, 0.1) is 26.9 Å². The summed E-state index contributed by atoms with van der Waals surface area (Å²) in [5.41, 5.74) is 7.87. The first-order valence-corrected chi connectivity index (χ1v) is 11.0. The minimum atomic E-state index is -0.662. The summed E-state index contributed by atoms with van der Waals surface area (Å²) in [5.74, 6) is 0.633. The van der Waals surface area contributed by atoms with E-state index in [0.717, 1.165) is 5.56 Å². The Morgan fingerprint density at radius 2 is 1.91 bits per heavy atom. The third-order valence-electron chi connectivity index (χ3n) is 6.14. The molecule has 0 bridgehead atoms. The summed E-state index contributed by atoms with van der Waals surface area (Å²) in [5, 5.41) is 20.7. The van der Waals surface area contributed by atoms with Crippen LogP contribution in [0.15, 0.2) is 65.3 Å². The fourth-order valence-corrected chi connectivity index (χ4v) is 4.48. The highest BCUT2D eigenvalue weighted by Gasteiger charge is 2.43. The maximum atomic E-state index is 13.1. The van der Waals surface area contributed by atoms with Gasteiger partial charge in [0, 0.05) is 30.5 Å². The Balaban J connectivity index is 1.65. The zero-order chi connectivity index (χ0) is 25.3. The molecule has 2 aromatic rings. The number of nitriles is 1. The van der Waals surface area contributed by atoms with Gasteiger partial charge in [0.15, 0.2) is 17.3 Å². The molecule has 1 atom stereocenters. The average molecular weight is 476 g/mol. The molecule has 1 aliphatic carbocycles. The number of allylic oxidation sites excluding steroid dienone is 3. The van der Waals surface area contributed by atoms with Crippen LogP contribution in [0.4, 0.5) is 5.69 Å². The lowest BCUT2D eigenvalue weighted by atomic mass is 9.70. The molecule has 0 radical (unpaired) electrons. The van der Waals surface area contributed by atoms with E-state index in [9.17, 15) is 20.2 Å². The van der Waals surface area contributed by atoms with Crippen molar-refractivity contribution in [3.63, 3.8) is 0 Å². The molecule has 180 valence electrons. The molecule has 1 aliphatic heterocycles. The van der Waals surface area contributed by atoms with Gasteiger partial charge in [-0.2, -0.15) is 5.26 Å². The molecule has 9 nitrogen and oxygen atoms in total. The molecule has 0 saturated heterocycles. The summed E-state index contributed by atoms with van der Waals surface area (Å²) in [6.45, 7) is 4.16. The monoisotopic (exact) mass is 475 g/mol. The number of rotatable bonds is 6. The molecule has 2 N–H and O–H groups in total. The van der Waals surface area contributed by atoms with E-state index in [1.54, 1.807) is 30.3 Å². The molecule has 1 heterocycles. The molecule has 2 aliphatic rings. The number of benzene rings is 2. The predicted molar refractivity (Wildman–Crippen MR) is 126 cm³/mol. The number of non-ortho nitro benzene ring substituents is 1. The van der Waals surface area contributed by atoms with E-state index >= 15 is 0 Å². The second-order valence-corrected chi connectivity index (χ2v) is 9.33. The zero-order valence-corrected chi connectivity index (χ0v) is 19.7. The molecule has 0 amide bonds. The van der Waals surface area contributed by atoms with Crippen molar-refractivity contribution in [2.75, 3.05) is 7.11 Å². The molecular weight excluding hydrogens is 450 g/mol. The number of Topliss-reactive ketones (excluding diaryl/α,β-unsaturated/α-hetero) is 1. The molecule has 0 saturated carbocycles. The topological polar surface area (TPSA) is 138 Å². The largest absolute Gasteiger partial charge is 0.493 e. The second-order valence-electron chi connectivity index (χ2n) is 9.33. The molecule has 0 spiro atoms. The van der Waals surface area contributed by atoms with Crippen LogP contribution in [0.1, 0.15) is 43.7 Å². The van der Waals surface area contributed by atoms with Crippen molar-refractivity contribution in [3.05, 3.63) is 86.5 Å². The second kappa shape index (κ2) is 9.14. The minimum absolute atomic E-state index is 0.000727. The van der Waals surface area contributed by atoms with Crippen LogP contribution in [0.25, 0.3) is 0 Å². The van der Waals surface area contributed by atoms with Crippen LogP contribution >= 0.6 is 0 Å². The molecule has 35 heavy (non-hydrogen) atoms. The van der Waals surface area contributed by atoms with Gasteiger partial charge in [0.1, 0.15) is 24.0 Å². The maximum absolute atomic E-state index is 13.1. The van der Waals surface area contributed by atoms with Crippen molar-refractivity contribution >= 4 is 11.5 Å². The van der Waals surface area contributed by atoms with Gasteiger partial charge in [0.05, 0.1) is 18.0 Å². The highest BCUT2D eigenvalue weighted by atomic mass is 16.6. The van der Waals surface area contributed by atoms with Gasteiger partial charge < -0.3 is 19.9 Å². The highest BCUT2D eigenvalue weighted by Crippen LogP contribution is 2.48. The SMILES string of the molecule is COc1cc(C2C(C#N)=C(N)OC3=C2C(=O)CC(C)(C)C3)ccc1OCc1ccc([N+](=O)[O-])cc1. The summed E-state index contributed by atoms with van der Waals surface area (Å²) < 4.78 is 17.2. The number of nitrogens with two attached hydrogens (primary N) is 1. The third-order valence-corrected chi connectivity index (χ3v) is 6.14. The normalized spacial score (nSPS) is 18.9. The Bertz CT molecular complexity index is 1300. The number of methoxy groups -OCH3 is 1. The lowest BCUT2D eigenvalue weighted by molar-refractivity contribution is -0.384. The third kappa shape index (κ3) is 4.68. The minimum Gasteiger partial charge on any atom is -0.493 e. The van der Waals surface area contributed by atoms with E-state index in [0.29, 0.717) is 41.2 Å². The molecule has 4 rings (SSSR count). The summed E-state index contributed by atoms with van der Waals surface area (Å²) in [6, 6.07) is 13.4. The van der Waals surface area contributed by atoms with Gasteiger partial charge in [0.2, 0.25) is 5.88 Å². The maximum Gasteiger partial charge on any atom is 0.269 e. The van der Waals surface area contributed by atoms with Gasteiger partial charge in [-0.3, -0.25) is 14.9 Å². The molecule has 0 fully saturated rings. The van der Waals surface area contributed by atoms with Gasteiger partial charge >= 0.3 is 0 Å². The lowest BCUT2D eigenvalue weighted by Crippen LogP contribution is -2.33. The Morgan fingerprint density at radius 3 is 2.54 bits per heavy atom. The molecule has 1 unspecified atom stereocenters. The first kappa shape index (κ1) is 23.8. The predicted octanol–water partition coefficient (Wildman–Crippen LogP) is 4.63. The van der Waals surface area contributed by atoms with Crippen molar-refractivity contribution in [2.45, 2.75) is 39.2 Å². The summed E-state index contributed by atoms with van der Waals surface area (Å²) in [7, 11) is 1.50. The van der Waals surface area contributed by atoms with Crippen molar-refractivity contribution < 1.29 is 23.9 Å². The molecular formula is C26H25N3O6. The number of nitro benzene ring substituents is 1. The quantitative estimate of drug-likeness (QED) is 0.471. The zero-order valence-electron chi connectivity index (χ0n) is 19.7. The molecule has 9 heteroatoms. The van der Waals surface area contributed by atoms with Crippen LogP contribution in [0.3, 0.4) is 0 Å². The van der Waals surface area contributed by atoms with E-state index in [1.807, 2.05) is 13.8 Å². The van der Waals surface area contributed by atoms with E-state index in [2.05, 4.69) is 6.07 Å². The van der Waals surface area contributed by atoms with Gasteiger partial charge in [0.25, 0.3) is 5.69 Å². The van der Waals surface area contributed by atoms with E-state index in [4.69, 9.17) is 19.9 Å². The average Bonchev–Trinajstić information content (AvgIpc) is 2.81. The fraction of sp³-hybridized carbons (Fsp3) is 0.308. The first-order chi connectivity index (χ1) is 16.6. The van der Waals surface area contributed by atoms with Crippen LogP contribution in [0.2, 0.25) is 0 Å². The molecule has 0 aromatic heterocycles. The van der Waals surface area contributed by atoms with E-state index in [-0.39, 0.29) is 34.9 Å². The fourth-order valence-electron chi connectivity index (χ4n) is 4.48. The van der Waals surface area contributed by atoms with Gasteiger partial charge in [-0.25, -0.2) is 0 Å². The van der Waals surface area contributed by atoms with Gasteiger partial charge in [-0.05, 0) is 40.8 Å². The number of carbonyl (C=O) groups is 1. The van der Waals surface area contributed by atoms with Crippen molar-refractivity contribution in [1.82, 2.24) is 0 Å². The number of carbonyl (C=O) groups excluding carboxylic acids is 1. The first-order valence-electron chi connectivity index (χ1n) is 11.0. The number of nitrogens with zero attached hydrogens (tertiary/aromatic N) is 2. The lowest BCUT2D eigenvalue weighted by Gasteiger charge is -2.37. The Labute approximate surface area is 202 Å². The van der Waals surface area contributed by atoms with Gasteiger partial charge in [-0.1, -0.05) is 19.9 Å². The number of nitro groups is 1. The number of ether oxygens (including phenoxy) is 3. The van der Waals surface area contributed by atoms with Crippen LogP contribution in [0.5, 0.6) is 11.5 Å². The van der Waals surface area contributed by atoms with Gasteiger partial charge in [-0.15, -0.1) is 0 Å². The smallest absolute Gasteiger partial charge is 0.269 e. The Hall–Kier alpha value is -4.32. The number of ketones is 1.